The van der Waals surface area contributed by atoms with Gasteiger partial charge >= 0.3 is 0 Å². The van der Waals surface area contributed by atoms with Crippen molar-refractivity contribution in [3.63, 3.8) is 0 Å². The summed E-state index contributed by atoms with van der Waals surface area (Å²) in [5.74, 6) is -0.00551. The van der Waals surface area contributed by atoms with E-state index in [9.17, 15) is 4.79 Å². The van der Waals surface area contributed by atoms with Crippen molar-refractivity contribution in [2.45, 2.75) is 13.3 Å². The molecule has 0 radical (unpaired) electrons. The maximum atomic E-state index is 12.1. The Morgan fingerprint density at radius 2 is 2.00 bits per heavy atom. The first kappa shape index (κ1) is 13.4. The zero-order valence-electron chi connectivity index (χ0n) is 12.0. The summed E-state index contributed by atoms with van der Waals surface area (Å²) in [6.45, 7) is 2.59. The molecule has 3 rings (SSSR count). The van der Waals surface area contributed by atoms with Crippen LogP contribution >= 0.6 is 0 Å². The Kier molecular flexibility index (Phi) is 3.73. The van der Waals surface area contributed by atoms with Gasteiger partial charge in [-0.05, 0) is 48.1 Å². The predicted octanol–water partition coefficient (Wildman–Crippen LogP) is 3.45. The second kappa shape index (κ2) is 5.83. The van der Waals surface area contributed by atoms with Crippen LogP contribution in [0.1, 0.15) is 21.5 Å². The molecule has 0 atom stereocenters. The largest absolute Gasteiger partial charge is 0.361 e. The third kappa shape index (κ3) is 2.97. The van der Waals surface area contributed by atoms with Gasteiger partial charge in [0.25, 0.3) is 5.91 Å². The fraction of sp³-hybridized carbons (Fsp3) is 0.167. The smallest absolute Gasteiger partial charge is 0.251 e. The molecule has 0 spiro atoms. The molecule has 21 heavy (non-hydrogen) atoms. The summed E-state index contributed by atoms with van der Waals surface area (Å²) in [6, 6.07) is 16.0. The number of H-pyrrole nitrogens is 1. The average Bonchev–Trinajstić information content (AvgIpc) is 2.95. The number of aromatic nitrogens is 1. The highest BCUT2D eigenvalue weighted by atomic mass is 16.1. The van der Waals surface area contributed by atoms with Gasteiger partial charge in [-0.2, -0.15) is 0 Å². The van der Waals surface area contributed by atoms with Crippen LogP contribution in [0, 0.1) is 6.92 Å². The van der Waals surface area contributed by atoms with E-state index in [4.69, 9.17) is 0 Å². The van der Waals surface area contributed by atoms with Gasteiger partial charge in [-0.15, -0.1) is 0 Å². The van der Waals surface area contributed by atoms with E-state index in [1.807, 2.05) is 37.4 Å². The maximum Gasteiger partial charge on any atom is 0.251 e. The molecule has 0 bridgehead atoms. The quantitative estimate of drug-likeness (QED) is 0.754. The van der Waals surface area contributed by atoms with E-state index >= 15 is 0 Å². The third-order valence-electron chi connectivity index (χ3n) is 3.71. The number of aryl methyl sites for hydroxylation is 1. The lowest BCUT2D eigenvalue weighted by molar-refractivity contribution is 0.0953. The minimum atomic E-state index is -0.00551. The van der Waals surface area contributed by atoms with Crippen molar-refractivity contribution in [2.75, 3.05) is 6.54 Å². The first-order chi connectivity index (χ1) is 10.2. The monoisotopic (exact) mass is 278 g/mol. The number of carbonyl (C=O) groups excluding carboxylic acids is 1. The lowest BCUT2D eigenvalue weighted by atomic mass is 10.1. The Balaban J connectivity index is 1.60. The lowest BCUT2D eigenvalue weighted by Gasteiger charge is -2.07. The van der Waals surface area contributed by atoms with Gasteiger partial charge in [0.1, 0.15) is 0 Å². The van der Waals surface area contributed by atoms with Gasteiger partial charge in [0.05, 0.1) is 0 Å². The molecule has 0 unspecified atom stereocenters. The van der Waals surface area contributed by atoms with Crippen LogP contribution in [-0.4, -0.2) is 17.4 Å². The van der Waals surface area contributed by atoms with Crippen molar-refractivity contribution < 1.29 is 4.79 Å². The molecule has 3 aromatic rings. The highest BCUT2D eigenvalue weighted by Crippen LogP contribution is 2.14. The van der Waals surface area contributed by atoms with Gasteiger partial charge in [-0.1, -0.05) is 30.3 Å². The molecule has 0 aliphatic carbocycles. The molecule has 3 nitrogen and oxygen atoms in total. The highest BCUT2D eigenvalue weighted by Gasteiger charge is 2.07. The predicted molar refractivity (Wildman–Crippen MR) is 85.5 cm³/mol. The van der Waals surface area contributed by atoms with Crippen LogP contribution in [0.5, 0.6) is 0 Å². The van der Waals surface area contributed by atoms with Gasteiger partial charge in [0.2, 0.25) is 0 Å². The topological polar surface area (TPSA) is 44.9 Å². The van der Waals surface area contributed by atoms with Gasteiger partial charge in [0, 0.05) is 23.8 Å². The number of hydrogen-bond donors (Lipinski definition) is 2. The molecule has 1 aromatic heterocycles. The van der Waals surface area contributed by atoms with Crippen LogP contribution < -0.4 is 5.32 Å². The minimum absolute atomic E-state index is 0.00551. The molecule has 2 aromatic carbocycles. The number of nitrogens with one attached hydrogen (secondary N) is 2. The van der Waals surface area contributed by atoms with Gasteiger partial charge in [-0.3, -0.25) is 4.79 Å². The molecule has 3 heteroatoms. The lowest BCUT2D eigenvalue weighted by Crippen LogP contribution is -2.26. The van der Waals surface area contributed by atoms with Crippen LogP contribution in [0.3, 0.4) is 0 Å². The molecule has 1 heterocycles. The normalized spacial score (nSPS) is 10.7. The van der Waals surface area contributed by atoms with Crippen molar-refractivity contribution in [2.24, 2.45) is 0 Å². The van der Waals surface area contributed by atoms with Crippen LogP contribution in [0.2, 0.25) is 0 Å². The van der Waals surface area contributed by atoms with E-state index in [0.717, 1.165) is 23.1 Å². The second-order valence-corrected chi connectivity index (χ2v) is 5.22. The van der Waals surface area contributed by atoms with Crippen molar-refractivity contribution in [1.29, 1.82) is 0 Å². The Labute approximate surface area is 124 Å². The first-order valence-electron chi connectivity index (χ1n) is 7.14. The first-order valence-corrected chi connectivity index (χ1v) is 7.14. The molecular formula is C18H18N2O. The third-order valence-corrected chi connectivity index (χ3v) is 3.71. The zero-order chi connectivity index (χ0) is 14.7. The number of amides is 1. The summed E-state index contributed by atoms with van der Waals surface area (Å²) >= 11 is 0. The molecule has 0 fully saturated rings. The molecule has 2 N–H and O–H groups in total. The van der Waals surface area contributed by atoms with E-state index in [2.05, 4.69) is 34.6 Å². The van der Waals surface area contributed by atoms with E-state index < -0.39 is 0 Å². The molecular weight excluding hydrogens is 260 g/mol. The zero-order valence-corrected chi connectivity index (χ0v) is 12.0. The summed E-state index contributed by atoms with van der Waals surface area (Å²) in [6.07, 6.45) is 2.76. The Morgan fingerprint density at radius 1 is 1.14 bits per heavy atom. The summed E-state index contributed by atoms with van der Waals surface area (Å²) in [4.78, 5) is 15.3. The number of benzene rings is 2. The fourth-order valence-electron chi connectivity index (χ4n) is 2.49. The van der Waals surface area contributed by atoms with Crippen LogP contribution in [0.15, 0.2) is 54.7 Å². The van der Waals surface area contributed by atoms with E-state index in [1.165, 1.54) is 10.9 Å². The van der Waals surface area contributed by atoms with Gasteiger partial charge in [-0.25, -0.2) is 0 Å². The molecule has 0 saturated heterocycles. The Hall–Kier alpha value is -2.55. The van der Waals surface area contributed by atoms with Crippen molar-refractivity contribution in [3.8, 4) is 0 Å². The minimum Gasteiger partial charge on any atom is -0.361 e. The number of hydrogen-bond acceptors (Lipinski definition) is 1. The summed E-state index contributed by atoms with van der Waals surface area (Å²) in [5, 5.41) is 4.19. The molecule has 0 aliphatic rings. The number of rotatable bonds is 4. The number of aromatic amines is 1. The Bertz CT molecular complexity index is 773. The Morgan fingerprint density at radius 3 is 2.86 bits per heavy atom. The summed E-state index contributed by atoms with van der Waals surface area (Å²) < 4.78 is 0. The van der Waals surface area contributed by atoms with Crippen LogP contribution in [0.25, 0.3) is 10.9 Å². The van der Waals surface area contributed by atoms with Crippen LogP contribution in [0.4, 0.5) is 0 Å². The molecule has 106 valence electrons. The molecule has 1 amide bonds. The molecule has 0 saturated carbocycles. The van der Waals surface area contributed by atoms with Crippen molar-refractivity contribution in [1.82, 2.24) is 10.3 Å². The van der Waals surface area contributed by atoms with E-state index in [-0.39, 0.29) is 5.91 Å². The van der Waals surface area contributed by atoms with E-state index in [1.54, 1.807) is 0 Å². The second-order valence-electron chi connectivity index (χ2n) is 5.22. The highest BCUT2D eigenvalue weighted by molar-refractivity contribution is 5.95. The number of carbonyl (C=O) groups is 1. The summed E-state index contributed by atoms with van der Waals surface area (Å²) in [7, 11) is 0. The van der Waals surface area contributed by atoms with E-state index in [0.29, 0.717) is 6.54 Å². The van der Waals surface area contributed by atoms with Crippen molar-refractivity contribution >= 4 is 16.8 Å². The number of fused-ring (bicyclic) bond motifs is 1. The van der Waals surface area contributed by atoms with Gasteiger partial charge < -0.3 is 10.3 Å². The van der Waals surface area contributed by atoms with Gasteiger partial charge in [0.15, 0.2) is 0 Å². The standard InChI is InChI=1S/C18H18N2O/c1-13-4-2-3-5-16(13)18(21)20-10-8-14-6-7-15-9-11-19-17(15)12-14/h2-7,9,11-12,19H,8,10H2,1H3,(H,20,21). The molecule has 0 aliphatic heterocycles. The fourth-order valence-corrected chi connectivity index (χ4v) is 2.49. The van der Waals surface area contributed by atoms with Crippen LogP contribution in [-0.2, 0) is 6.42 Å². The van der Waals surface area contributed by atoms with Crippen molar-refractivity contribution in [3.05, 3.63) is 71.4 Å². The summed E-state index contributed by atoms with van der Waals surface area (Å²) in [5.41, 5.74) is 4.10. The maximum absolute atomic E-state index is 12.1. The average molecular weight is 278 g/mol. The SMILES string of the molecule is Cc1ccccc1C(=O)NCCc1ccc2cc[nH]c2c1.